The zero-order valence-electron chi connectivity index (χ0n) is 9.92. The van der Waals surface area contributed by atoms with E-state index in [1.54, 1.807) is 6.20 Å². The van der Waals surface area contributed by atoms with E-state index in [1.165, 1.54) is 12.7 Å². The molecule has 17 heavy (non-hydrogen) atoms. The largest absolute Gasteiger partial charge is 0.399 e. The fraction of sp³-hybridized carbons (Fsp3) is 0.143. The van der Waals surface area contributed by atoms with Gasteiger partial charge in [-0.1, -0.05) is 41.1 Å². The zero-order valence-corrected chi connectivity index (χ0v) is 9.92. The highest BCUT2D eigenvalue weighted by molar-refractivity contribution is 6.11. The Morgan fingerprint density at radius 2 is 1.88 bits per heavy atom. The molecule has 0 saturated heterocycles. The van der Waals surface area contributed by atoms with Crippen LogP contribution in [-0.2, 0) is 4.84 Å². The maximum atomic E-state index is 4.89. The summed E-state index contributed by atoms with van der Waals surface area (Å²) in [5.41, 5.74) is 3.76. The summed E-state index contributed by atoms with van der Waals surface area (Å²) in [5.74, 6) is 0. The van der Waals surface area contributed by atoms with Crippen molar-refractivity contribution in [2.75, 3.05) is 7.11 Å². The summed E-state index contributed by atoms with van der Waals surface area (Å²) in [7, 11) is 1.54. The van der Waals surface area contributed by atoms with Crippen molar-refractivity contribution in [3.8, 4) is 0 Å². The Morgan fingerprint density at radius 1 is 1.12 bits per heavy atom. The van der Waals surface area contributed by atoms with Gasteiger partial charge in [0.1, 0.15) is 12.8 Å². The van der Waals surface area contributed by atoms with E-state index in [-0.39, 0.29) is 0 Å². The van der Waals surface area contributed by atoms with Gasteiger partial charge in [-0.2, -0.15) is 0 Å². The molecule has 1 aromatic heterocycles. The van der Waals surface area contributed by atoms with Gasteiger partial charge in [0.05, 0.1) is 5.69 Å². The number of oxime groups is 1. The average molecular weight is 226 g/mol. The minimum Gasteiger partial charge on any atom is -0.399 e. The summed E-state index contributed by atoms with van der Waals surface area (Å²) in [6, 6.07) is 13.8. The van der Waals surface area contributed by atoms with E-state index in [0.29, 0.717) is 0 Å². The standard InChI is InChI=1S/C14H14N2O/c1-11-6-8-12(9-7-11)14(16-17-2)13-5-3-4-10-15-13/h3-10H,1-2H3. The molecule has 0 atom stereocenters. The molecular formula is C14H14N2O. The Morgan fingerprint density at radius 3 is 2.47 bits per heavy atom. The van der Waals surface area contributed by atoms with Gasteiger partial charge in [-0.05, 0) is 19.1 Å². The molecule has 1 aromatic carbocycles. The minimum atomic E-state index is 0.744. The van der Waals surface area contributed by atoms with Gasteiger partial charge in [0, 0.05) is 11.8 Å². The van der Waals surface area contributed by atoms with Crippen molar-refractivity contribution in [3.05, 3.63) is 65.5 Å². The fourth-order valence-corrected chi connectivity index (χ4v) is 1.55. The number of hydrogen-bond acceptors (Lipinski definition) is 3. The van der Waals surface area contributed by atoms with Gasteiger partial charge in [-0.3, -0.25) is 4.98 Å². The van der Waals surface area contributed by atoms with Crippen LogP contribution in [0.1, 0.15) is 16.8 Å². The summed E-state index contributed by atoms with van der Waals surface area (Å²) in [5, 5.41) is 4.05. The van der Waals surface area contributed by atoms with Crippen LogP contribution in [0, 0.1) is 6.92 Å². The topological polar surface area (TPSA) is 34.5 Å². The predicted octanol–water partition coefficient (Wildman–Crippen LogP) is 2.79. The number of pyridine rings is 1. The van der Waals surface area contributed by atoms with E-state index < -0.39 is 0 Å². The molecule has 3 heteroatoms. The maximum absolute atomic E-state index is 4.89. The predicted molar refractivity (Wildman–Crippen MR) is 68.1 cm³/mol. The second kappa shape index (κ2) is 5.25. The first-order valence-corrected chi connectivity index (χ1v) is 5.41. The lowest BCUT2D eigenvalue weighted by atomic mass is 10.1. The lowest BCUT2D eigenvalue weighted by molar-refractivity contribution is 0.214. The van der Waals surface area contributed by atoms with E-state index in [4.69, 9.17) is 4.84 Å². The minimum absolute atomic E-state index is 0.744. The van der Waals surface area contributed by atoms with E-state index in [1.807, 2.05) is 42.5 Å². The highest BCUT2D eigenvalue weighted by atomic mass is 16.6. The third kappa shape index (κ3) is 2.69. The molecule has 0 fully saturated rings. The van der Waals surface area contributed by atoms with Gasteiger partial charge >= 0.3 is 0 Å². The van der Waals surface area contributed by atoms with Gasteiger partial charge in [-0.15, -0.1) is 0 Å². The number of nitrogens with zero attached hydrogens (tertiary/aromatic N) is 2. The molecular weight excluding hydrogens is 212 g/mol. The lowest BCUT2D eigenvalue weighted by Crippen LogP contribution is -2.06. The number of hydrogen-bond donors (Lipinski definition) is 0. The number of aryl methyl sites for hydroxylation is 1. The van der Waals surface area contributed by atoms with Crippen LogP contribution in [0.25, 0.3) is 0 Å². The van der Waals surface area contributed by atoms with Gasteiger partial charge < -0.3 is 4.84 Å². The summed E-state index contributed by atoms with van der Waals surface area (Å²) >= 11 is 0. The number of aromatic nitrogens is 1. The molecule has 0 aliphatic carbocycles. The van der Waals surface area contributed by atoms with Crippen molar-refractivity contribution < 1.29 is 4.84 Å². The van der Waals surface area contributed by atoms with Crippen LogP contribution >= 0.6 is 0 Å². The highest BCUT2D eigenvalue weighted by Gasteiger charge is 2.08. The molecule has 2 aromatic rings. The second-order valence-electron chi connectivity index (χ2n) is 3.70. The molecule has 3 nitrogen and oxygen atoms in total. The Labute approximate surface area is 101 Å². The molecule has 1 heterocycles. The van der Waals surface area contributed by atoms with Crippen LogP contribution in [-0.4, -0.2) is 17.8 Å². The Kier molecular flexibility index (Phi) is 3.50. The van der Waals surface area contributed by atoms with E-state index >= 15 is 0 Å². The molecule has 0 aliphatic rings. The SMILES string of the molecule is CON=C(c1ccc(C)cc1)c1ccccn1. The molecule has 0 unspecified atom stereocenters. The van der Waals surface area contributed by atoms with Crippen LogP contribution in [0.3, 0.4) is 0 Å². The van der Waals surface area contributed by atoms with Crippen LogP contribution in [0.2, 0.25) is 0 Å². The van der Waals surface area contributed by atoms with Crippen LogP contribution in [0.5, 0.6) is 0 Å². The molecule has 0 saturated carbocycles. The number of rotatable bonds is 3. The van der Waals surface area contributed by atoms with Crippen LogP contribution in [0.4, 0.5) is 0 Å². The molecule has 2 rings (SSSR count). The first kappa shape index (κ1) is 11.3. The van der Waals surface area contributed by atoms with Crippen molar-refractivity contribution in [2.45, 2.75) is 6.92 Å². The average Bonchev–Trinajstić information content (AvgIpc) is 2.38. The monoisotopic (exact) mass is 226 g/mol. The molecule has 0 spiro atoms. The first-order chi connectivity index (χ1) is 8.31. The normalized spacial score (nSPS) is 11.3. The molecule has 0 aliphatic heterocycles. The van der Waals surface area contributed by atoms with Crippen molar-refractivity contribution in [1.29, 1.82) is 0 Å². The molecule has 0 amide bonds. The lowest BCUT2D eigenvalue weighted by Gasteiger charge is -2.05. The zero-order chi connectivity index (χ0) is 12.1. The van der Waals surface area contributed by atoms with Gasteiger partial charge in [0.25, 0.3) is 0 Å². The maximum Gasteiger partial charge on any atom is 0.135 e. The summed E-state index contributed by atoms with van der Waals surface area (Å²) in [4.78, 5) is 9.18. The molecule has 86 valence electrons. The van der Waals surface area contributed by atoms with Crippen molar-refractivity contribution in [1.82, 2.24) is 4.98 Å². The quantitative estimate of drug-likeness (QED) is 0.595. The van der Waals surface area contributed by atoms with Gasteiger partial charge in [0.15, 0.2) is 0 Å². The first-order valence-electron chi connectivity index (χ1n) is 5.41. The van der Waals surface area contributed by atoms with Crippen molar-refractivity contribution >= 4 is 5.71 Å². The van der Waals surface area contributed by atoms with Crippen LogP contribution < -0.4 is 0 Å². The highest BCUT2D eigenvalue weighted by Crippen LogP contribution is 2.10. The summed E-state index contributed by atoms with van der Waals surface area (Å²) < 4.78 is 0. The van der Waals surface area contributed by atoms with Crippen LogP contribution in [0.15, 0.2) is 53.8 Å². The third-order valence-corrected chi connectivity index (χ3v) is 2.42. The smallest absolute Gasteiger partial charge is 0.135 e. The Hall–Kier alpha value is -2.16. The van der Waals surface area contributed by atoms with Gasteiger partial charge in [0.2, 0.25) is 0 Å². The Bertz CT molecular complexity index is 504. The van der Waals surface area contributed by atoms with E-state index in [0.717, 1.165) is 17.0 Å². The second-order valence-corrected chi connectivity index (χ2v) is 3.70. The number of benzene rings is 1. The van der Waals surface area contributed by atoms with E-state index in [2.05, 4.69) is 17.1 Å². The van der Waals surface area contributed by atoms with Crippen molar-refractivity contribution in [2.24, 2.45) is 5.16 Å². The van der Waals surface area contributed by atoms with Crippen molar-refractivity contribution in [3.63, 3.8) is 0 Å². The fourth-order valence-electron chi connectivity index (χ4n) is 1.55. The van der Waals surface area contributed by atoms with Gasteiger partial charge in [-0.25, -0.2) is 0 Å². The molecule has 0 bridgehead atoms. The van der Waals surface area contributed by atoms with E-state index in [9.17, 15) is 0 Å². The molecule has 0 radical (unpaired) electrons. The summed E-state index contributed by atoms with van der Waals surface area (Å²) in [6.45, 7) is 2.05. The third-order valence-electron chi connectivity index (χ3n) is 2.42. The Balaban J connectivity index is 2.44. The summed E-state index contributed by atoms with van der Waals surface area (Å²) in [6.07, 6.45) is 1.74. The molecule has 0 N–H and O–H groups in total.